The molecule has 0 N–H and O–H groups in total. The highest BCUT2D eigenvalue weighted by atomic mass is 16.5. The fourth-order valence-corrected chi connectivity index (χ4v) is 2.39. The fraction of sp³-hybridized carbons (Fsp3) is 0.417. The maximum absolute atomic E-state index is 12.1. The minimum Gasteiger partial charge on any atom is -0.351 e. The predicted molar refractivity (Wildman–Crippen MR) is 55.4 cm³/mol. The third-order valence-electron chi connectivity index (χ3n) is 3.16. The minimum absolute atomic E-state index is 0.0955. The zero-order chi connectivity index (χ0) is 10.6. The molecular formula is C12H13NO2. The first-order chi connectivity index (χ1) is 7.11. The van der Waals surface area contributed by atoms with Crippen LogP contribution >= 0.6 is 0 Å². The van der Waals surface area contributed by atoms with Crippen LogP contribution in [0.4, 0.5) is 0 Å². The summed E-state index contributed by atoms with van der Waals surface area (Å²) in [6.45, 7) is 4.69. The van der Waals surface area contributed by atoms with Gasteiger partial charge in [0.1, 0.15) is 0 Å². The average molecular weight is 203 g/mol. The molecule has 0 aromatic heterocycles. The van der Waals surface area contributed by atoms with E-state index in [0.717, 1.165) is 11.1 Å². The predicted octanol–water partition coefficient (Wildman–Crippen LogP) is 1.95. The molecule has 2 aliphatic heterocycles. The number of carbonyl (C=O) groups is 1. The molecule has 3 heteroatoms. The molecule has 0 spiro atoms. The van der Waals surface area contributed by atoms with Gasteiger partial charge < -0.3 is 9.64 Å². The van der Waals surface area contributed by atoms with E-state index in [-0.39, 0.29) is 17.7 Å². The maximum Gasteiger partial charge on any atom is 0.257 e. The highest BCUT2D eigenvalue weighted by Gasteiger charge is 2.50. The van der Waals surface area contributed by atoms with E-state index in [1.165, 1.54) is 0 Å². The van der Waals surface area contributed by atoms with Gasteiger partial charge >= 0.3 is 0 Å². The minimum atomic E-state index is -0.194. The van der Waals surface area contributed by atoms with Crippen molar-refractivity contribution in [3.8, 4) is 0 Å². The topological polar surface area (TPSA) is 29.5 Å². The molecule has 1 saturated heterocycles. The molecule has 78 valence electrons. The number of carbonyl (C=O) groups excluding carboxylic acids is 1. The highest BCUT2D eigenvalue weighted by molar-refractivity contribution is 5.99. The summed E-state index contributed by atoms with van der Waals surface area (Å²) in [5.41, 5.74) is 1.60. The van der Waals surface area contributed by atoms with Gasteiger partial charge in [-0.3, -0.25) is 4.79 Å². The Hall–Kier alpha value is -1.35. The number of fused-ring (bicyclic) bond motifs is 3. The lowest BCUT2D eigenvalue weighted by atomic mass is 10.1. The molecule has 1 atom stereocenters. The van der Waals surface area contributed by atoms with Crippen molar-refractivity contribution in [1.29, 1.82) is 0 Å². The lowest BCUT2D eigenvalue weighted by molar-refractivity contribution is 0.0316. The van der Waals surface area contributed by atoms with Crippen LogP contribution in [0.15, 0.2) is 24.3 Å². The number of nitrogens with zero attached hydrogens (tertiary/aromatic N) is 1. The van der Waals surface area contributed by atoms with Gasteiger partial charge in [-0.1, -0.05) is 18.2 Å². The van der Waals surface area contributed by atoms with Crippen molar-refractivity contribution >= 4 is 5.91 Å². The van der Waals surface area contributed by atoms with E-state index in [1.807, 2.05) is 43.0 Å². The molecule has 1 aromatic rings. The lowest BCUT2D eigenvalue weighted by Gasteiger charge is -2.28. The van der Waals surface area contributed by atoms with Crippen LogP contribution in [0, 0.1) is 0 Å². The summed E-state index contributed by atoms with van der Waals surface area (Å²) in [5, 5.41) is 0. The van der Waals surface area contributed by atoms with Crippen molar-refractivity contribution in [2.45, 2.75) is 25.6 Å². The van der Waals surface area contributed by atoms with E-state index in [2.05, 4.69) is 0 Å². The molecule has 3 rings (SSSR count). The number of benzene rings is 1. The van der Waals surface area contributed by atoms with E-state index in [9.17, 15) is 4.79 Å². The normalized spacial score (nSPS) is 26.7. The van der Waals surface area contributed by atoms with Crippen molar-refractivity contribution in [3.63, 3.8) is 0 Å². The van der Waals surface area contributed by atoms with Crippen LogP contribution in [0.25, 0.3) is 0 Å². The zero-order valence-corrected chi connectivity index (χ0v) is 8.86. The number of hydrogen-bond donors (Lipinski definition) is 0. The first-order valence-electron chi connectivity index (χ1n) is 5.15. The average Bonchev–Trinajstić information content (AvgIpc) is 2.67. The van der Waals surface area contributed by atoms with Crippen LogP contribution in [0.5, 0.6) is 0 Å². The van der Waals surface area contributed by atoms with Crippen molar-refractivity contribution in [3.05, 3.63) is 35.4 Å². The largest absolute Gasteiger partial charge is 0.351 e. The number of amides is 1. The summed E-state index contributed by atoms with van der Waals surface area (Å²) in [4.78, 5) is 14.0. The molecule has 1 unspecified atom stereocenters. The molecule has 0 radical (unpaired) electrons. The zero-order valence-electron chi connectivity index (χ0n) is 8.86. The second-order valence-corrected chi connectivity index (χ2v) is 4.74. The van der Waals surface area contributed by atoms with Crippen LogP contribution in [0.2, 0.25) is 0 Å². The number of rotatable bonds is 0. The Morgan fingerprint density at radius 1 is 1.40 bits per heavy atom. The standard InChI is InChI=1S/C12H13NO2/c1-12(2)7-15-11-9-6-4-3-5-8(9)10(14)13(11)12/h3-6,11H,7H2,1-2H3. The molecule has 3 nitrogen and oxygen atoms in total. The SMILES string of the molecule is CC1(C)COC2c3ccccc3C(=O)N21. The maximum atomic E-state index is 12.1. The van der Waals surface area contributed by atoms with Crippen LogP contribution in [0.1, 0.15) is 36.0 Å². The molecule has 2 heterocycles. The third kappa shape index (κ3) is 1.01. The highest BCUT2D eigenvalue weighted by Crippen LogP contribution is 2.44. The van der Waals surface area contributed by atoms with Gasteiger partial charge in [-0.25, -0.2) is 0 Å². The summed E-state index contributed by atoms with van der Waals surface area (Å²) >= 11 is 0. The summed E-state index contributed by atoms with van der Waals surface area (Å²) in [5.74, 6) is 0.0955. The first-order valence-corrected chi connectivity index (χ1v) is 5.15. The summed E-state index contributed by atoms with van der Waals surface area (Å²) in [6.07, 6.45) is -0.163. The van der Waals surface area contributed by atoms with Crippen molar-refractivity contribution in [2.75, 3.05) is 6.61 Å². The summed E-state index contributed by atoms with van der Waals surface area (Å²) < 4.78 is 5.69. The van der Waals surface area contributed by atoms with E-state index in [1.54, 1.807) is 0 Å². The van der Waals surface area contributed by atoms with Gasteiger partial charge in [-0.05, 0) is 19.9 Å². The molecule has 0 bridgehead atoms. The Morgan fingerprint density at radius 2 is 2.13 bits per heavy atom. The second-order valence-electron chi connectivity index (χ2n) is 4.74. The van der Waals surface area contributed by atoms with Gasteiger partial charge in [0, 0.05) is 11.1 Å². The first kappa shape index (κ1) is 8.92. The van der Waals surface area contributed by atoms with Crippen molar-refractivity contribution < 1.29 is 9.53 Å². The lowest BCUT2D eigenvalue weighted by Crippen LogP contribution is -2.42. The summed E-state index contributed by atoms with van der Waals surface area (Å²) in [6, 6.07) is 7.69. The Morgan fingerprint density at radius 3 is 2.93 bits per heavy atom. The number of ether oxygens (including phenoxy) is 1. The molecular weight excluding hydrogens is 190 g/mol. The Labute approximate surface area is 88.6 Å². The second kappa shape index (κ2) is 2.61. The van der Waals surface area contributed by atoms with Gasteiger partial charge in [-0.2, -0.15) is 0 Å². The van der Waals surface area contributed by atoms with Gasteiger partial charge in [0.15, 0.2) is 6.23 Å². The third-order valence-corrected chi connectivity index (χ3v) is 3.16. The van der Waals surface area contributed by atoms with Crippen LogP contribution in [0.3, 0.4) is 0 Å². The van der Waals surface area contributed by atoms with E-state index in [4.69, 9.17) is 4.74 Å². The Balaban J connectivity index is 2.16. The van der Waals surface area contributed by atoms with Crippen LogP contribution in [-0.2, 0) is 4.74 Å². The molecule has 1 aromatic carbocycles. The van der Waals surface area contributed by atoms with Crippen molar-refractivity contribution in [2.24, 2.45) is 0 Å². The van der Waals surface area contributed by atoms with Gasteiger partial charge in [0.2, 0.25) is 0 Å². The van der Waals surface area contributed by atoms with E-state index >= 15 is 0 Å². The van der Waals surface area contributed by atoms with Gasteiger partial charge in [0.05, 0.1) is 12.1 Å². The molecule has 15 heavy (non-hydrogen) atoms. The summed E-state index contributed by atoms with van der Waals surface area (Å²) in [7, 11) is 0. The quantitative estimate of drug-likeness (QED) is 0.645. The van der Waals surface area contributed by atoms with Gasteiger partial charge in [0.25, 0.3) is 5.91 Å². The van der Waals surface area contributed by atoms with Gasteiger partial charge in [-0.15, -0.1) is 0 Å². The molecule has 0 saturated carbocycles. The molecule has 2 aliphatic rings. The van der Waals surface area contributed by atoms with Crippen LogP contribution < -0.4 is 0 Å². The number of hydrogen-bond acceptors (Lipinski definition) is 2. The monoisotopic (exact) mass is 203 g/mol. The van der Waals surface area contributed by atoms with Crippen molar-refractivity contribution in [1.82, 2.24) is 4.90 Å². The van der Waals surface area contributed by atoms with Crippen LogP contribution in [-0.4, -0.2) is 23.0 Å². The Bertz CT molecular complexity index is 439. The van der Waals surface area contributed by atoms with E-state index < -0.39 is 0 Å². The molecule has 0 aliphatic carbocycles. The smallest absolute Gasteiger partial charge is 0.257 e. The molecule has 1 fully saturated rings. The Kier molecular flexibility index (Phi) is 1.55. The fourth-order valence-electron chi connectivity index (χ4n) is 2.39. The molecule has 1 amide bonds. The van der Waals surface area contributed by atoms with E-state index in [0.29, 0.717) is 6.61 Å².